The fraction of sp³-hybridized carbons (Fsp3) is 0.250. The normalized spacial score (nSPS) is 14.7. The molecule has 1 saturated heterocycles. The Morgan fingerprint density at radius 3 is 3.04 bits per heavy atom. The number of amides is 1. The number of nitrogens with one attached hydrogen (secondary N) is 1. The van der Waals surface area contributed by atoms with E-state index >= 15 is 0 Å². The molecule has 0 unspecified atom stereocenters. The van der Waals surface area contributed by atoms with Crippen LogP contribution in [0.25, 0.3) is 5.70 Å². The van der Waals surface area contributed by atoms with Crippen LogP contribution in [-0.2, 0) is 4.79 Å². The van der Waals surface area contributed by atoms with Gasteiger partial charge in [0.25, 0.3) is 0 Å². The highest BCUT2D eigenvalue weighted by Gasteiger charge is 2.21. The molecule has 2 aromatic heterocycles. The number of thiazole rings is 1. The van der Waals surface area contributed by atoms with Gasteiger partial charge in [-0.25, -0.2) is 9.97 Å². The Bertz CT molecular complexity index is 750. The average Bonchev–Trinajstić information content (AvgIpc) is 3.18. The fourth-order valence-corrected chi connectivity index (χ4v) is 3.06. The van der Waals surface area contributed by atoms with Crippen molar-refractivity contribution in [3.05, 3.63) is 36.0 Å². The third kappa shape index (κ3) is 3.45. The molecule has 23 heavy (non-hydrogen) atoms. The lowest BCUT2D eigenvalue weighted by Crippen LogP contribution is -2.23. The van der Waals surface area contributed by atoms with Crippen molar-refractivity contribution in [3.8, 4) is 0 Å². The van der Waals surface area contributed by atoms with E-state index in [1.807, 2.05) is 24.4 Å². The van der Waals surface area contributed by atoms with E-state index in [2.05, 4.69) is 26.9 Å². The third-order valence-electron chi connectivity index (χ3n) is 3.45. The molecule has 3 rings (SSSR count). The standard InChI is InChI=1S/C16H17N5OS/c1-3-17-11(2)13-10-23-16(19-13)20-14-7-6-12(9-18-14)21-8-4-5-15(21)22/h3,6-7,9-10H,2,4-5,8H2,1H3,(H,18,19,20). The van der Waals surface area contributed by atoms with Crippen LogP contribution < -0.4 is 10.2 Å². The van der Waals surface area contributed by atoms with Crippen LogP contribution in [-0.4, -0.2) is 28.6 Å². The second kappa shape index (κ2) is 6.70. The SMILES string of the molecule is C=C(N=CC)c1csc(Nc2ccc(N3CCCC3=O)cn2)n1. The number of rotatable bonds is 5. The number of nitrogens with zero attached hydrogens (tertiary/aromatic N) is 4. The highest BCUT2D eigenvalue weighted by Crippen LogP contribution is 2.25. The van der Waals surface area contributed by atoms with E-state index in [1.165, 1.54) is 11.3 Å². The Morgan fingerprint density at radius 1 is 1.52 bits per heavy atom. The second-order valence-electron chi connectivity index (χ2n) is 5.05. The highest BCUT2D eigenvalue weighted by molar-refractivity contribution is 7.13. The number of hydrogen-bond acceptors (Lipinski definition) is 6. The van der Waals surface area contributed by atoms with Crippen molar-refractivity contribution in [2.75, 3.05) is 16.8 Å². The number of aromatic nitrogens is 2. The van der Waals surface area contributed by atoms with Crippen LogP contribution in [0.5, 0.6) is 0 Å². The van der Waals surface area contributed by atoms with Gasteiger partial charge in [-0.1, -0.05) is 6.58 Å². The van der Waals surface area contributed by atoms with E-state index in [9.17, 15) is 4.79 Å². The zero-order valence-corrected chi connectivity index (χ0v) is 13.6. The van der Waals surface area contributed by atoms with Crippen LogP contribution in [0.2, 0.25) is 0 Å². The van der Waals surface area contributed by atoms with E-state index in [1.54, 1.807) is 17.3 Å². The minimum Gasteiger partial charge on any atom is -0.316 e. The summed E-state index contributed by atoms with van der Waals surface area (Å²) in [5, 5.41) is 5.77. The molecule has 1 N–H and O–H groups in total. The molecule has 1 fully saturated rings. The molecule has 3 heterocycles. The third-order valence-corrected chi connectivity index (χ3v) is 4.21. The van der Waals surface area contributed by atoms with Gasteiger partial charge in [-0.3, -0.25) is 9.79 Å². The lowest BCUT2D eigenvalue weighted by atomic mass is 10.3. The first-order chi connectivity index (χ1) is 11.2. The number of aliphatic imine (C=N–C) groups is 1. The van der Waals surface area contributed by atoms with Gasteiger partial charge in [-0.05, 0) is 25.5 Å². The van der Waals surface area contributed by atoms with Crippen molar-refractivity contribution in [2.24, 2.45) is 4.99 Å². The number of carbonyl (C=O) groups is 1. The molecule has 7 heteroatoms. The summed E-state index contributed by atoms with van der Waals surface area (Å²) in [5.41, 5.74) is 2.21. The molecule has 0 aromatic carbocycles. The zero-order chi connectivity index (χ0) is 16.2. The summed E-state index contributed by atoms with van der Waals surface area (Å²) in [6.07, 6.45) is 4.92. The van der Waals surface area contributed by atoms with Gasteiger partial charge < -0.3 is 10.2 Å². The smallest absolute Gasteiger partial charge is 0.227 e. The van der Waals surface area contributed by atoms with Crippen LogP contribution in [0.1, 0.15) is 25.5 Å². The molecule has 0 saturated carbocycles. The van der Waals surface area contributed by atoms with Gasteiger partial charge in [0, 0.05) is 24.6 Å². The van der Waals surface area contributed by atoms with Gasteiger partial charge in [0.1, 0.15) is 11.5 Å². The minimum absolute atomic E-state index is 0.159. The quantitative estimate of drug-likeness (QED) is 0.854. The van der Waals surface area contributed by atoms with Crippen molar-refractivity contribution in [1.29, 1.82) is 0 Å². The monoisotopic (exact) mass is 327 g/mol. The van der Waals surface area contributed by atoms with Crippen molar-refractivity contribution in [1.82, 2.24) is 9.97 Å². The predicted octanol–water partition coefficient (Wildman–Crippen LogP) is 3.47. The van der Waals surface area contributed by atoms with Gasteiger partial charge in [0.2, 0.25) is 5.91 Å². The molecule has 0 bridgehead atoms. The van der Waals surface area contributed by atoms with E-state index in [-0.39, 0.29) is 5.91 Å². The summed E-state index contributed by atoms with van der Waals surface area (Å²) in [7, 11) is 0. The molecule has 1 aliphatic rings. The molecule has 6 nitrogen and oxygen atoms in total. The van der Waals surface area contributed by atoms with Crippen LogP contribution in [0.15, 0.2) is 35.3 Å². The Morgan fingerprint density at radius 2 is 2.39 bits per heavy atom. The topological polar surface area (TPSA) is 70.5 Å². The van der Waals surface area contributed by atoms with E-state index in [4.69, 9.17) is 0 Å². The number of hydrogen-bond donors (Lipinski definition) is 1. The van der Waals surface area contributed by atoms with Gasteiger partial charge >= 0.3 is 0 Å². The molecule has 1 amide bonds. The fourth-order valence-electron chi connectivity index (χ4n) is 2.34. The molecule has 118 valence electrons. The molecular formula is C16H17N5OS. The first-order valence-corrected chi connectivity index (χ1v) is 8.22. The van der Waals surface area contributed by atoms with Crippen LogP contribution in [0.3, 0.4) is 0 Å². The number of carbonyl (C=O) groups excluding carboxylic acids is 1. The van der Waals surface area contributed by atoms with Crippen LogP contribution >= 0.6 is 11.3 Å². The molecule has 1 aliphatic heterocycles. The minimum atomic E-state index is 0.159. The lowest BCUT2D eigenvalue weighted by Gasteiger charge is -2.15. The summed E-state index contributed by atoms with van der Waals surface area (Å²) >= 11 is 1.47. The highest BCUT2D eigenvalue weighted by atomic mass is 32.1. The molecular weight excluding hydrogens is 310 g/mol. The first kappa shape index (κ1) is 15.4. The van der Waals surface area contributed by atoms with Gasteiger partial charge in [-0.2, -0.15) is 0 Å². The Kier molecular flexibility index (Phi) is 4.47. The first-order valence-electron chi connectivity index (χ1n) is 7.34. The van der Waals surface area contributed by atoms with Crippen LogP contribution in [0.4, 0.5) is 16.6 Å². The van der Waals surface area contributed by atoms with Crippen molar-refractivity contribution in [3.63, 3.8) is 0 Å². The molecule has 0 aliphatic carbocycles. The molecule has 0 radical (unpaired) electrons. The molecule has 2 aromatic rings. The van der Waals surface area contributed by atoms with Gasteiger partial charge in [0.15, 0.2) is 5.13 Å². The summed E-state index contributed by atoms with van der Waals surface area (Å²) in [4.78, 5) is 26.4. The second-order valence-corrected chi connectivity index (χ2v) is 5.91. The van der Waals surface area contributed by atoms with Crippen LogP contribution in [0, 0.1) is 0 Å². The zero-order valence-electron chi connectivity index (χ0n) is 12.8. The Hall–Kier alpha value is -2.54. The Labute approximate surface area is 138 Å². The summed E-state index contributed by atoms with van der Waals surface area (Å²) < 4.78 is 0. The summed E-state index contributed by atoms with van der Waals surface area (Å²) in [5.74, 6) is 0.845. The van der Waals surface area contributed by atoms with Gasteiger partial charge in [-0.15, -0.1) is 11.3 Å². The van der Waals surface area contributed by atoms with E-state index in [0.717, 1.165) is 29.5 Å². The van der Waals surface area contributed by atoms with E-state index in [0.29, 0.717) is 17.9 Å². The number of anilines is 3. The molecule has 0 spiro atoms. The van der Waals surface area contributed by atoms with Crippen molar-refractivity contribution < 1.29 is 4.79 Å². The number of pyridine rings is 1. The maximum Gasteiger partial charge on any atom is 0.227 e. The maximum atomic E-state index is 11.7. The largest absolute Gasteiger partial charge is 0.316 e. The Balaban J connectivity index is 1.69. The lowest BCUT2D eigenvalue weighted by molar-refractivity contribution is -0.117. The maximum absolute atomic E-state index is 11.7. The van der Waals surface area contributed by atoms with Crippen molar-refractivity contribution in [2.45, 2.75) is 19.8 Å². The predicted molar refractivity (Wildman–Crippen MR) is 94.4 cm³/mol. The van der Waals surface area contributed by atoms with Crippen molar-refractivity contribution >= 4 is 45.8 Å². The summed E-state index contributed by atoms with van der Waals surface area (Å²) in [6.45, 7) is 6.47. The van der Waals surface area contributed by atoms with E-state index < -0.39 is 0 Å². The molecule has 0 atom stereocenters. The van der Waals surface area contributed by atoms with Gasteiger partial charge in [0.05, 0.1) is 17.6 Å². The average molecular weight is 327 g/mol. The summed E-state index contributed by atoms with van der Waals surface area (Å²) in [6, 6.07) is 3.74.